The van der Waals surface area contributed by atoms with Crippen LogP contribution in [0.5, 0.6) is 0 Å². The summed E-state index contributed by atoms with van der Waals surface area (Å²) in [4.78, 5) is 0. The SMILES string of the molecule is CC1(C)CC(C(C2CCCCC2)C(C2CCCCC2)C2CCC(N)(N)CC2)CCC1(N)N. The Kier molecular flexibility index (Phi) is 7.67. The molecule has 186 valence electrons. The van der Waals surface area contributed by atoms with E-state index in [0.717, 1.165) is 54.8 Å². The Morgan fingerprint density at radius 2 is 0.938 bits per heavy atom. The molecule has 3 atom stereocenters. The van der Waals surface area contributed by atoms with E-state index in [1.54, 1.807) is 0 Å². The van der Waals surface area contributed by atoms with E-state index >= 15 is 0 Å². The quantitative estimate of drug-likeness (QED) is 0.411. The molecule has 0 heterocycles. The summed E-state index contributed by atoms with van der Waals surface area (Å²) in [5.41, 5.74) is 25.1. The van der Waals surface area contributed by atoms with Gasteiger partial charge in [0.15, 0.2) is 0 Å². The molecule has 0 bridgehead atoms. The highest BCUT2D eigenvalue weighted by molar-refractivity contribution is 5.03. The van der Waals surface area contributed by atoms with Gasteiger partial charge in [-0.25, -0.2) is 0 Å². The van der Waals surface area contributed by atoms with E-state index in [4.69, 9.17) is 22.9 Å². The van der Waals surface area contributed by atoms with Crippen LogP contribution in [0.2, 0.25) is 0 Å². The maximum Gasteiger partial charge on any atom is 0.0689 e. The van der Waals surface area contributed by atoms with Gasteiger partial charge in [0.05, 0.1) is 11.3 Å². The van der Waals surface area contributed by atoms with Crippen molar-refractivity contribution in [2.24, 2.45) is 63.9 Å². The van der Waals surface area contributed by atoms with Crippen LogP contribution in [0.15, 0.2) is 0 Å². The Balaban J connectivity index is 1.65. The van der Waals surface area contributed by atoms with E-state index in [1.165, 1.54) is 89.9 Å². The number of rotatable bonds is 5. The van der Waals surface area contributed by atoms with Crippen LogP contribution < -0.4 is 22.9 Å². The molecule has 0 amide bonds. The van der Waals surface area contributed by atoms with Crippen LogP contribution in [-0.4, -0.2) is 11.3 Å². The molecule has 4 rings (SSSR count). The first kappa shape index (κ1) is 24.9. The molecule has 32 heavy (non-hydrogen) atoms. The summed E-state index contributed by atoms with van der Waals surface area (Å²) in [5.74, 6) is 5.12. The van der Waals surface area contributed by atoms with E-state index in [2.05, 4.69) is 13.8 Å². The van der Waals surface area contributed by atoms with Crippen molar-refractivity contribution in [1.29, 1.82) is 0 Å². The second kappa shape index (κ2) is 9.84. The van der Waals surface area contributed by atoms with E-state index in [0.29, 0.717) is 0 Å². The van der Waals surface area contributed by atoms with Gasteiger partial charge >= 0.3 is 0 Å². The number of nitrogens with two attached hydrogens (primary N) is 4. The van der Waals surface area contributed by atoms with Gasteiger partial charge in [-0.1, -0.05) is 78.1 Å². The normalized spacial score (nSPS) is 34.1. The van der Waals surface area contributed by atoms with Crippen molar-refractivity contribution in [1.82, 2.24) is 0 Å². The van der Waals surface area contributed by atoms with Crippen LogP contribution in [0.1, 0.15) is 123 Å². The highest BCUT2D eigenvalue weighted by Crippen LogP contribution is 2.55. The molecular weight excluding hydrogens is 392 g/mol. The fraction of sp³-hybridized carbons (Fsp3) is 1.00. The standard InChI is InChI=1S/C28H54N4/c1-26(2)19-23(15-18-28(26,31)32)25(21-11-7-4-8-12-21)24(20-9-5-3-6-10-20)22-13-16-27(29,30)17-14-22/h20-25H,3-19,29-32H2,1-2H3. The lowest BCUT2D eigenvalue weighted by Gasteiger charge is -2.55. The Hall–Kier alpha value is -0.160. The minimum Gasteiger partial charge on any atom is -0.313 e. The number of hydrogen-bond donors (Lipinski definition) is 4. The third-order valence-corrected chi connectivity index (χ3v) is 10.8. The van der Waals surface area contributed by atoms with E-state index in [-0.39, 0.29) is 5.41 Å². The first-order chi connectivity index (χ1) is 15.1. The van der Waals surface area contributed by atoms with Gasteiger partial charge in [0.2, 0.25) is 0 Å². The van der Waals surface area contributed by atoms with Crippen molar-refractivity contribution < 1.29 is 0 Å². The van der Waals surface area contributed by atoms with Gasteiger partial charge in [0.1, 0.15) is 0 Å². The van der Waals surface area contributed by atoms with Crippen LogP contribution in [0, 0.1) is 40.9 Å². The Labute approximate surface area is 198 Å². The van der Waals surface area contributed by atoms with Gasteiger partial charge in [0.25, 0.3) is 0 Å². The summed E-state index contributed by atoms with van der Waals surface area (Å²) in [7, 11) is 0. The molecule has 0 saturated heterocycles. The smallest absolute Gasteiger partial charge is 0.0689 e. The Morgan fingerprint density at radius 3 is 1.41 bits per heavy atom. The zero-order chi connectivity index (χ0) is 23.0. The van der Waals surface area contributed by atoms with Crippen molar-refractivity contribution in [2.45, 2.75) is 134 Å². The van der Waals surface area contributed by atoms with Crippen molar-refractivity contribution >= 4 is 0 Å². The third-order valence-electron chi connectivity index (χ3n) is 10.8. The molecule has 0 aromatic heterocycles. The van der Waals surface area contributed by atoms with Crippen LogP contribution in [0.3, 0.4) is 0 Å². The third kappa shape index (κ3) is 5.39. The first-order valence-corrected chi connectivity index (χ1v) is 14.3. The molecule has 4 aliphatic rings. The van der Waals surface area contributed by atoms with Crippen LogP contribution in [0.4, 0.5) is 0 Å². The van der Waals surface area contributed by atoms with Gasteiger partial charge in [-0.15, -0.1) is 0 Å². The molecule has 3 unspecified atom stereocenters. The molecule has 4 fully saturated rings. The minimum absolute atomic E-state index is 0.0101. The van der Waals surface area contributed by atoms with E-state index in [1.807, 2.05) is 0 Å². The monoisotopic (exact) mass is 446 g/mol. The zero-order valence-corrected chi connectivity index (χ0v) is 21.3. The molecule has 0 radical (unpaired) electrons. The summed E-state index contributed by atoms with van der Waals surface area (Å²) in [6.07, 6.45) is 22.3. The average Bonchev–Trinajstić information content (AvgIpc) is 2.76. The van der Waals surface area contributed by atoms with Gasteiger partial charge in [-0.3, -0.25) is 0 Å². The highest BCUT2D eigenvalue weighted by Gasteiger charge is 2.51. The summed E-state index contributed by atoms with van der Waals surface area (Å²) >= 11 is 0. The fourth-order valence-electron chi connectivity index (χ4n) is 8.67. The van der Waals surface area contributed by atoms with Crippen molar-refractivity contribution in [3.05, 3.63) is 0 Å². The molecule has 4 heteroatoms. The predicted octanol–water partition coefficient (Wildman–Crippen LogP) is 5.62. The lowest BCUT2D eigenvalue weighted by atomic mass is 9.52. The molecule has 4 nitrogen and oxygen atoms in total. The molecule has 0 spiro atoms. The minimum atomic E-state index is -0.523. The lowest BCUT2D eigenvalue weighted by molar-refractivity contribution is -0.0413. The van der Waals surface area contributed by atoms with E-state index in [9.17, 15) is 0 Å². The molecule has 0 aromatic carbocycles. The topological polar surface area (TPSA) is 104 Å². The maximum atomic E-state index is 6.64. The second-order valence-electron chi connectivity index (χ2n) is 13.4. The van der Waals surface area contributed by atoms with Crippen LogP contribution in [-0.2, 0) is 0 Å². The van der Waals surface area contributed by atoms with Crippen LogP contribution in [0.25, 0.3) is 0 Å². The van der Waals surface area contributed by atoms with Crippen molar-refractivity contribution in [3.8, 4) is 0 Å². The van der Waals surface area contributed by atoms with Gasteiger partial charge in [-0.05, 0) is 85.9 Å². The van der Waals surface area contributed by atoms with Crippen molar-refractivity contribution in [2.75, 3.05) is 0 Å². The van der Waals surface area contributed by atoms with Gasteiger partial charge < -0.3 is 22.9 Å². The predicted molar refractivity (Wildman–Crippen MR) is 135 cm³/mol. The summed E-state index contributed by atoms with van der Waals surface area (Å²) in [6, 6.07) is 0. The molecular formula is C28H54N4. The summed E-state index contributed by atoms with van der Waals surface area (Å²) < 4.78 is 0. The van der Waals surface area contributed by atoms with Gasteiger partial charge in [0, 0.05) is 0 Å². The molecule has 4 aliphatic carbocycles. The average molecular weight is 447 g/mol. The zero-order valence-electron chi connectivity index (χ0n) is 21.3. The summed E-state index contributed by atoms with van der Waals surface area (Å²) in [6.45, 7) is 4.68. The Morgan fingerprint density at radius 1 is 0.531 bits per heavy atom. The maximum absolute atomic E-state index is 6.64. The molecule has 8 N–H and O–H groups in total. The van der Waals surface area contributed by atoms with Crippen LogP contribution >= 0.6 is 0 Å². The molecule has 4 saturated carbocycles. The number of hydrogen-bond acceptors (Lipinski definition) is 4. The van der Waals surface area contributed by atoms with E-state index < -0.39 is 11.3 Å². The molecule has 0 aliphatic heterocycles. The van der Waals surface area contributed by atoms with Crippen molar-refractivity contribution in [3.63, 3.8) is 0 Å². The molecule has 0 aromatic rings. The highest BCUT2D eigenvalue weighted by atomic mass is 15.0. The largest absolute Gasteiger partial charge is 0.313 e. The Bertz CT molecular complexity index is 591. The lowest BCUT2D eigenvalue weighted by Crippen LogP contribution is -2.63. The first-order valence-electron chi connectivity index (χ1n) is 14.3. The second-order valence-corrected chi connectivity index (χ2v) is 13.4. The fourth-order valence-corrected chi connectivity index (χ4v) is 8.67. The summed E-state index contributed by atoms with van der Waals surface area (Å²) in [5, 5.41) is 0. The van der Waals surface area contributed by atoms with Gasteiger partial charge in [-0.2, -0.15) is 0 Å².